The number of carbonyl (C=O) groups excluding carboxylic acids is 1. The summed E-state index contributed by atoms with van der Waals surface area (Å²) < 4.78 is 0. The van der Waals surface area contributed by atoms with Crippen LogP contribution >= 0.6 is 0 Å². The third-order valence-electron chi connectivity index (χ3n) is 4.57. The van der Waals surface area contributed by atoms with E-state index in [1.807, 2.05) is 12.1 Å². The van der Waals surface area contributed by atoms with Crippen LogP contribution < -0.4 is 11.1 Å². The summed E-state index contributed by atoms with van der Waals surface area (Å²) in [5.74, 6) is 1.06. The number of fused-ring (bicyclic) bond motifs is 2. The molecule has 19 heavy (non-hydrogen) atoms. The summed E-state index contributed by atoms with van der Waals surface area (Å²) >= 11 is 0. The van der Waals surface area contributed by atoms with Gasteiger partial charge in [0.1, 0.15) is 5.69 Å². The molecule has 2 aliphatic carbocycles. The van der Waals surface area contributed by atoms with E-state index in [-0.39, 0.29) is 5.91 Å². The zero-order valence-electron chi connectivity index (χ0n) is 11.1. The van der Waals surface area contributed by atoms with Crippen LogP contribution in [0.4, 0.5) is 0 Å². The molecule has 2 saturated carbocycles. The first-order chi connectivity index (χ1) is 9.24. The van der Waals surface area contributed by atoms with Crippen molar-refractivity contribution in [3.05, 3.63) is 30.1 Å². The fourth-order valence-electron chi connectivity index (χ4n) is 3.75. The zero-order valence-corrected chi connectivity index (χ0v) is 11.1. The van der Waals surface area contributed by atoms with E-state index in [1.165, 1.54) is 19.3 Å². The van der Waals surface area contributed by atoms with E-state index in [2.05, 4.69) is 10.3 Å². The molecule has 0 aromatic carbocycles. The Hall–Kier alpha value is -1.42. The molecule has 1 aromatic heterocycles. The average Bonchev–Trinajstić information content (AvgIpc) is 2.41. The molecule has 3 rings (SSSR count). The molecule has 3 N–H and O–H groups in total. The summed E-state index contributed by atoms with van der Waals surface area (Å²) in [6.07, 6.45) is 7.41. The second-order valence-corrected chi connectivity index (χ2v) is 5.90. The Balaban J connectivity index is 1.71. The standard InChI is InChI=1S/C15H21N3O/c16-12-8-10-4-3-5-11(9-12)14(10)18-15(19)13-6-1-2-7-17-13/h1-2,6-7,10-12,14H,3-5,8-9,16H2,(H,18,19). The maximum atomic E-state index is 12.2. The lowest BCUT2D eigenvalue weighted by atomic mass is 9.67. The van der Waals surface area contributed by atoms with Crippen LogP contribution in [0, 0.1) is 11.8 Å². The molecular formula is C15H21N3O. The number of carbonyl (C=O) groups is 1. The Morgan fingerprint density at radius 2 is 2.00 bits per heavy atom. The average molecular weight is 259 g/mol. The van der Waals surface area contributed by atoms with Crippen LogP contribution in [0.25, 0.3) is 0 Å². The summed E-state index contributed by atoms with van der Waals surface area (Å²) in [6.45, 7) is 0. The van der Waals surface area contributed by atoms with Gasteiger partial charge in [-0.2, -0.15) is 0 Å². The van der Waals surface area contributed by atoms with Crippen LogP contribution in [0.15, 0.2) is 24.4 Å². The summed E-state index contributed by atoms with van der Waals surface area (Å²) in [7, 11) is 0. The molecule has 4 heteroatoms. The zero-order chi connectivity index (χ0) is 13.2. The maximum Gasteiger partial charge on any atom is 0.270 e. The second kappa shape index (κ2) is 5.29. The minimum absolute atomic E-state index is 0.0435. The van der Waals surface area contributed by atoms with Crippen molar-refractivity contribution in [3.8, 4) is 0 Å². The molecule has 0 spiro atoms. The third kappa shape index (κ3) is 2.63. The first kappa shape index (κ1) is 12.6. The normalized spacial score (nSPS) is 33.7. The Kier molecular flexibility index (Phi) is 3.51. The number of aromatic nitrogens is 1. The van der Waals surface area contributed by atoms with Crippen LogP contribution in [-0.2, 0) is 0 Å². The highest BCUT2D eigenvalue weighted by atomic mass is 16.1. The van der Waals surface area contributed by atoms with Crippen molar-refractivity contribution in [1.29, 1.82) is 0 Å². The van der Waals surface area contributed by atoms with Crippen LogP contribution in [0.5, 0.6) is 0 Å². The molecule has 1 heterocycles. The first-order valence-electron chi connectivity index (χ1n) is 7.21. The van der Waals surface area contributed by atoms with Gasteiger partial charge in [0.2, 0.25) is 0 Å². The van der Waals surface area contributed by atoms with E-state index in [4.69, 9.17) is 5.73 Å². The van der Waals surface area contributed by atoms with Crippen LogP contribution in [0.2, 0.25) is 0 Å². The molecule has 102 valence electrons. The lowest BCUT2D eigenvalue weighted by Gasteiger charge is -2.45. The predicted molar refractivity (Wildman–Crippen MR) is 73.5 cm³/mol. The number of nitrogens with one attached hydrogen (secondary N) is 1. The number of hydrogen-bond donors (Lipinski definition) is 2. The number of hydrogen-bond acceptors (Lipinski definition) is 3. The van der Waals surface area contributed by atoms with Gasteiger partial charge in [-0.25, -0.2) is 0 Å². The molecule has 0 aliphatic heterocycles. The van der Waals surface area contributed by atoms with Gasteiger partial charge in [0.05, 0.1) is 0 Å². The molecule has 2 unspecified atom stereocenters. The number of pyridine rings is 1. The topological polar surface area (TPSA) is 68.0 Å². The highest BCUT2D eigenvalue weighted by molar-refractivity contribution is 5.92. The van der Waals surface area contributed by atoms with Gasteiger partial charge >= 0.3 is 0 Å². The first-order valence-corrected chi connectivity index (χ1v) is 7.21. The molecule has 2 atom stereocenters. The van der Waals surface area contributed by atoms with Gasteiger partial charge in [-0.3, -0.25) is 9.78 Å². The monoisotopic (exact) mass is 259 g/mol. The number of amides is 1. The lowest BCUT2D eigenvalue weighted by molar-refractivity contribution is 0.0751. The number of rotatable bonds is 2. The Labute approximate surface area is 113 Å². The largest absolute Gasteiger partial charge is 0.347 e. The van der Waals surface area contributed by atoms with E-state index in [0.717, 1.165) is 12.8 Å². The lowest BCUT2D eigenvalue weighted by Crippen LogP contribution is -2.53. The third-order valence-corrected chi connectivity index (χ3v) is 4.57. The molecule has 2 bridgehead atoms. The van der Waals surface area contributed by atoms with Gasteiger partial charge in [0.15, 0.2) is 0 Å². The predicted octanol–water partition coefficient (Wildman–Crippen LogP) is 1.72. The smallest absolute Gasteiger partial charge is 0.270 e. The molecule has 0 radical (unpaired) electrons. The number of nitrogens with zero attached hydrogens (tertiary/aromatic N) is 1. The minimum atomic E-state index is -0.0435. The summed E-state index contributed by atoms with van der Waals surface area (Å²) in [5, 5.41) is 3.20. The Morgan fingerprint density at radius 1 is 1.26 bits per heavy atom. The van der Waals surface area contributed by atoms with Crippen molar-refractivity contribution in [1.82, 2.24) is 10.3 Å². The van der Waals surface area contributed by atoms with Crippen molar-refractivity contribution in [3.63, 3.8) is 0 Å². The SMILES string of the molecule is NC1CC2CCCC(C1)C2NC(=O)c1ccccn1. The van der Waals surface area contributed by atoms with Crippen molar-refractivity contribution in [2.45, 2.75) is 44.2 Å². The van der Waals surface area contributed by atoms with Crippen molar-refractivity contribution in [2.75, 3.05) is 0 Å². The number of nitrogens with two attached hydrogens (primary N) is 1. The highest BCUT2D eigenvalue weighted by Crippen LogP contribution is 2.39. The highest BCUT2D eigenvalue weighted by Gasteiger charge is 2.39. The fraction of sp³-hybridized carbons (Fsp3) is 0.600. The van der Waals surface area contributed by atoms with Gasteiger partial charge in [0, 0.05) is 18.3 Å². The van der Waals surface area contributed by atoms with E-state index in [1.54, 1.807) is 12.3 Å². The van der Waals surface area contributed by atoms with Crippen molar-refractivity contribution >= 4 is 5.91 Å². The van der Waals surface area contributed by atoms with Crippen molar-refractivity contribution < 1.29 is 4.79 Å². The minimum Gasteiger partial charge on any atom is -0.347 e. The van der Waals surface area contributed by atoms with Gasteiger partial charge < -0.3 is 11.1 Å². The maximum absolute atomic E-state index is 12.2. The summed E-state index contributed by atoms with van der Waals surface area (Å²) in [6, 6.07) is 6.05. The van der Waals surface area contributed by atoms with Gasteiger partial charge in [-0.05, 0) is 49.7 Å². The van der Waals surface area contributed by atoms with Crippen LogP contribution in [0.1, 0.15) is 42.6 Å². The Bertz CT molecular complexity index is 434. The quantitative estimate of drug-likeness (QED) is 0.849. The van der Waals surface area contributed by atoms with Gasteiger partial charge in [0.25, 0.3) is 5.91 Å². The fourth-order valence-corrected chi connectivity index (χ4v) is 3.75. The summed E-state index contributed by atoms with van der Waals surface area (Å²) in [4.78, 5) is 16.3. The second-order valence-electron chi connectivity index (χ2n) is 5.90. The Morgan fingerprint density at radius 3 is 2.63 bits per heavy atom. The van der Waals surface area contributed by atoms with Gasteiger partial charge in [-0.15, -0.1) is 0 Å². The van der Waals surface area contributed by atoms with Crippen LogP contribution in [-0.4, -0.2) is 23.0 Å². The van der Waals surface area contributed by atoms with E-state index >= 15 is 0 Å². The van der Waals surface area contributed by atoms with Crippen molar-refractivity contribution in [2.24, 2.45) is 17.6 Å². The summed E-state index contributed by atoms with van der Waals surface area (Å²) in [5.41, 5.74) is 6.61. The van der Waals surface area contributed by atoms with E-state index in [9.17, 15) is 4.79 Å². The molecular weight excluding hydrogens is 238 g/mol. The van der Waals surface area contributed by atoms with Crippen LogP contribution in [0.3, 0.4) is 0 Å². The molecule has 2 aliphatic rings. The molecule has 0 saturated heterocycles. The van der Waals surface area contributed by atoms with Gasteiger partial charge in [-0.1, -0.05) is 12.5 Å². The van der Waals surface area contributed by atoms with E-state index in [0.29, 0.717) is 29.6 Å². The molecule has 1 aromatic rings. The van der Waals surface area contributed by atoms with E-state index < -0.39 is 0 Å². The molecule has 1 amide bonds. The molecule has 4 nitrogen and oxygen atoms in total. The molecule has 2 fully saturated rings.